The van der Waals surface area contributed by atoms with E-state index in [1.807, 2.05) is 6.92 Å². The molecule has 0 aliphatic carbocycles. The second kappa shape index (κ2) is 6.13. The van der Waals surface area contributed by atoms with Gasteiger partial charge in [0.1, 0.15) is 22.0 Å². The fourth-order valence-corrected chi connectivity index (χ4v) is 2.24. The summed E-state index contributed by atoms with van der Waals surface area (Å²) in [4.78, 5) is 7.51. The van der Waals surface area contributed by atoms with Crippen LogP contribution in [0.3, 0.4) is 0 Å². The summed E-state index contributed by atoms with van der Waals surface area (Å²) >= 11 is 5.26. The lowest BCUT2D eigenvalue weighted by Gasteiger charge is -2.11. The number of nitrogens with one attached hydrogen (secondary N) is 1. The molecule has 1 heterocycles. The maximum Gasteiger partial charge on any atom is 0.136 e. The first-order valence-electron chi connectivity index (χ1n) is 6.50. The molecule has 0 aliphatic rings. The summed E-state index contributed by atoms with van der Waals surface area (Å²) < 4.78 is 19.7. The molecule has 2 aromatic rings. The molecule has 0 unspecified atom stereocenters. The minimum atomic E-state index is -0.341. The van der Waals surface area contributed by atoms with Crippen molar-refractivity contribution in [2.24, 2.45) is 0 Å². The van der Waals surface area contributed by atoms with Crippen LogP contribution in [-0.2, 0) is 6.42 Å². The summed E-state index contributed by atoms with van der Waals surface area (Å²) in [5.41, 5.74) is 1.95. The van der Waals surface area contributed by atoms with Crippen LogP contribution < -0.4 is 4.74 Å². The maximum absolute atomic E-state index is 14.2. The van der Waals surface area contributed by atoms with Crippen LogP contribution in [0.15, 0.2) is 18.2 Å². The first kappa shape index (κ1) is 14.7. The van der Waals surface area contributed by atoms with Crippen molar-refractivity contribution in [3.63, 3.8) is 0 Å². The second-order valence-electron chi connectivity index (χ2n) is 4.58. The van der Waals surface area contributed by atoms with Crippen molar-refractivity contribution in [3.8, 4) is 17.0 Å². The van der Waals surface area contributed by atoms with Gasteiger partial charge in [0.15, 0.2) is 0 Å². The highest BCUT2D eigenvalue weighted by atomic mass is 32.1. The maximum atomic E-state index is 14.2. The lowest BCUT2D eigenvalue weighted by molar-refractivity contribution is 0.411. The van der Waals surface area contributed by atoms with E-state index in [9.17, 15) is 4.39 Å². The zero-order valence-electron chi connectivity index (χ0n) is 11.8. The van der Waals surface area contributed by atoms with Gasteiger partial charge in [-0.05, 0) is 25.5 Å². The van der Waals surface area contributed by atoms with Crippen LogP contribution >= 0.6 is 12.2 Å². The number of H-pyrrole nitrogens is 1. The highest BCUT2D eigenvalue weighted by Gasteiger charge is 2.12. The molecule has 2 rings (SSSR count). The number of methoxy groups -OCH3 is 1. The molecule has 0 fully saturated rings. The van der Waals surface area contributed by atoms with Gasteiger partial charge in [-0.15, -0.1) is 0 Å². The fraction of sp³-hybridized carbons (Fsp3) is 0.333. The first-order chi connectivity index (χ1) is 9.56. The van der Waals surface area contributed by atoms with E-state index in [1.54, 1.807) is 12.1 Å². The Bertz CT molecular complexity index is 682. The third-order valence-electron chi connectivity index (χ3n) is 3.13. The molecule has 20 heavy (non-hydrogen) atoms. The van der Waals surface area contributed by atoms with E-state index in [0.29, 0.717) is 21.6 Å². The van der Waals surface area contributed by atoms with Crippen molar-refractivity contribution in [2.45, 2.75) is 26.7 Å². The molecule has 0 saturated carbocycles. The normalized spacial score (nSPS) is 10.6. The number of hydrogen-bond acceptors (Lipinski definition) is 3. The summed E-state index contributed by atoms with van der Waals surface area (Å²) in [6, 6.07) is 4.79. The molecule has 0 amide bonds. The largest absolute Gasteiger partial charge is 0.497 e. The Hall–Kier alpha value is -1.75. The van der Waals surface area contributed by atoms with E-state index in [-0.39, 0.29) is 5.82 Å². The van der Waals surface area contributed by atoms with Gasteiger partial charge >= 0.3 is 0 Å². The highest BCUT2D eigenvalue weighted by Crippen LogP contribution is 2.27. The van der Waals surface area contributed by atoms with E-state index < -0.39 is 0 Å². The summed E-state index contributed by atoms with van der Waals surface area (Å²) in [6.45, 7) is 3.91. The van der Waals surface area contributed by atoms with E-state index >= 15 is 0 Å². The van der Waals surface area contributed by atoms with E-state index in [2.05, 4.69) is 16.9 Å². The monoisotopic (exact) mass is 292 g/mol. The molecule has 3 nitrogen and oxygen atoms in total. The third-order valence-corrected chi connectivity index (χ3v) is 3.53. The molecule has 5 heteroatoms. The molecule has 0 spiro atoms. The Labute approximate surface area is 122 Å². The second-order valence-corrected chi connectivity index (χ2v) is 4.97. The minimum absolute atomic E-state index is 0.341. The van der Waals surface area contributed by atoms with Gasteiger partial charge < -0.3 is 9.72 Å². The number of ether oxygens (including phenoxy) is 1. The smallest absolute Gasteiger partial charge is 0.136 e. The summed E-state index contributed by atoms with van der Waals surface area (Å²) in [5, 5.41) is 0. The van der Waals surface area contributed by atoms with E-state index in [4.69, 9.17) is 17.0 Å². The lowest BCUT2D eigenvalue weighted by Crippen LogP contribution is -2.01. The van der Waals surface area contributed by atoms with Crippen molar-refractivity contribution >= 4 is 12.2 Å². The molecule has 1 aromatic carbocycles. The molecule has 0 radical (unpaired) electrons. The number of halogens is 1. The topological polar surface area (TPSA) is 37.9 Å². The molecular formula is C15H17FN2OS. The number of aromatic amines is 1. The van der Waals surface area contributed by atoms with Crippen molar-refractivity contribution in [1.29, 1.82) is 0 Å². The average molecular weight is 292 g/mol. The minimum Gasteiger partial charge on any atom is -0.497 e. The van der Waals surface area contributed by atoms with Gasteiger partial charge in [0.05, 0.1) is 12.8 Å². The zero-order valence-corrected chi connectivity index (χ0v) is 12.6. The number of benzene rings is 1. The van der Waals surface area contributed by atoms with Gasteiger partial charge in [-0.25, -0.2) is 9.37 Å². The SMILES string of the molecule is CCCc1nc(=S)c(C)c(-c2ccc(OC)cc2F)[nH]1. The number of rotatable bonds is 4. The first-order valence-corrected chi connectivity index (χ1v) is 6.91. The van der Waals surface area contributed by atoms with Crippen LogP contribution in [0.1, 0.15) is 24.7 Å². The van der Waals surface area contributed by atoms with Crippen molar-refractivity contribution in [2.75, 3.05) is 7.11 Å². The van der Waals surface area contributed by atoms with E-state index in [1.165, 1.54) is 13.2 Å². The van der Waals surface area contributed by atoms with Crippen molar-refractivity contribution in [1.82, 2.24) is 9.97 Å². The van der Waals surface area contributed by atoms with Crippen LogP contribution in [0.4, 0.5) is 4.39 Å². The zero-order chi connectivity index (χ0) is 14.7. The van der Waals surface area contributed by atoms with Crippen LogP contribution in [-0.4, -0.2) is 17.1 Å². The van der Waals surface area contributed by atoms with Gasteiger partial charge in [0.2, 0.25) is 0 Å². The number of aromatic nitrogens is 2. The molecule has 0 atom stereocenters. The van der Waals surface area contributed by atoms with E-state index in [0.717, 1.165) is 24.2 Å². The van der Waals surface area contributed by atoms with Crippen molar-refractivity contribution in [3.05, 3.63) is 40.0 Å². The summed E-state index contributed by atoms with van der Waals surface area (Å²) in [7, 11) is 1.51. The summed E-state index contributed by atoms with van der Waals surface area (Å²) in [6.07, 6.45) is 1.74. The number of hydrogen-bond donors (Lipinski definition) is 1. The molecule has 0 bridgehead atoms. The number of aryl methyl sites for hydroxylation is 1. The average Bonchev–Trinajstić information content (AvgIpc) is 2.43. The molecular weight excluding hydrogens is 275 g/mol. The van der Waals surface area contributed by atoms with Gasteiger partial charge in [-0.1, -0.05) is 19.1 Å². The lowest BCUT2D eigenvalue weighted by atomic mass is 10.1. The van der Waals surface area contributed by atoms with Crippen LogP contribution in [0.2, 0.25) is 0 Å². The molecule has 1 aromatic heterocycles. The van der Waals surface area contributed by atoms with Gasteiger partial charge in [-0.3, -0.25) is 0 Å². The Morgan fingerprint density at radius 1 is 1.40 bits per heavy atom. The molecule has 0 aliphatic heterocycles. The quantitative estimate of drug-likeness (QED) is 0.858. The Kier molecular flexibility index (Phi) is 4.49. The molecule has 1 N–H and O–H groups in total. The van der Waals surface area contributed by atoms with Gasteiger partial charge in [0.25, 0.3) is 0 Å². The van der Waals surface area contributed by atoms with Crippen LogP contribution in [0.5, 0.6) is 5.75 Å². The third kappa shape index (κ3) is 2.88. The molecule has 0 saturated heterocycles. The predicted molar refractivity (Wildman–Crippen MR) is 80.1 cm³/mol. The van der Waals surface area contributed by atoms with Crippen molar-refractivity contribution < 1.29 is 9.13 Å². The highest BCUT2D eigenvalue weighted by molar-refractivity contribution is 7.71. The standard InChI is InChI=1S/C15H17FN2OS/c1-4-5-13-17-14(9(2)15(20)18-13)11-7-6-10(19-3)8-12(11)16/h6-8H,4-5H2,1-3H3,(H,17,18,20). The van der Waals surface area contributed by atoms with Gasteiger partial charge in [0, 0.05) is 23.6 Å². The van der Waals surface area contributed by atoms with Crippen LogP contribution in [0, 0.1) is 17.4 Å². The fourth-order valence-electron chi connectivity index (χ4n) is 2.03. The van der Waals surface area contributed by atoms with Gasteiger partial charge in [-0.2, -0.15) is 0 Å². The number of nitrogens with zero attached hydrogens (tertiary/aromatic N) is 1. The summed E-state index contributed by atoms with van der Waals surface area (Å²) in [5.74, 6) is 0.936. The Morgan fingerprint density at radius 2 is 2.15 bits per heavy atom. The Balaban J connectivity index is 2.59. The Morgan fingerprint density at radius 3 is 2.75 bits per heavy atom. The van der Waals surface area contributed by atoms with Crippen LogP contribution in [0.25, 0.3) is 11.3 Å². The molecule has 106 valence electrons. The predicted octanol–water partition coefficient (Wildman–Crippen LogP) is 4.21.